The number of methoxy groups -OCH3 is 1. The van der Waals surface area contributed by atoms with Crippen molar-refractivity contribution < 1.29 is 4.74 Å². The molecule has 2 aliphatic rings. The maximum absolute atomic E-state index is 5.79. The van der Waals surface area contributed by atoms with Crippen LogP contribution in [0.25, 0.3) is 5.76 Å². The van der Waals surface area contributed by atoms with Gasteiger partial charge in [0.05, 0.1) is 7.11 Å². The summed E-state index contributed by atoms with van der Waals surface area (Å²) in [4.78, 5) is 0. The van der Waals surface area contributed by atoms with Crippen molar-refractivity contribution in [2.45, 2.75) is 33.1 Å². The van der Waals surface area contributed by atoms with Gasteiger partial charge in [-0.2, -0.15) is 0 Å². The summed E-state index contributed by atoms with van der Waals surface area (Å²) >= 11 is 0. The molecule has 0 radical (unpaired) electrons. The van der Waals surface area contributed by atoms with E-state index in [1.165, 1.54) is 24.8 Å². The lowest BCUT2D eigenvalue weighted by Gasteiger charge is -2.34. The highest BCUT2D eigenvalue weighted by Gasteiger charge is 2.50. The number of rotatable bonds is 2. The van der Waals surface area contributed by atoms with E-state index in [-0.39, 0.29) is 0 Å². The highest BCUT2D eigenvalue weighted by molar-refractivity contribution is 5.66. The first-order chi connectivity index (χ1) is 8.64. The number of benzene rings is 1. The molecule has 0 saturated heterocycles. The van der Waals surface area contributed by atoms with Crippen molar-refractivity contribution in [1.29, 1.82) is 0 Å². The van der Waals surface area contributed by atoms with Crippen LogP contribution in [0.2, 0.25) is 0 Å². The molecule has 2 fully saturated rings. The van der Waals surface area contributed by atoms with Crippen LogP contribution in [-0.2, 0) is 4.74 Å². The maximum atomic E-state index is 5.79. The van der Waals surface area contributed by atoms with Crippen LogP contribution in [0.15, 0.2) is 35.9 Å². The van der Waals surface area contributed by atoms with Crippen LogP contribution < -0.4 is 0 Å². The molecule has 18 heavy (non-hydrogen) atoms. The van der Waals surface area contributed by atoms with E-state index in [2.05, 4.69) is 44.2 Å². The van der Waals surface area contributed by atoms with E-state index in [1.54, 1.807) is 5.57 Å². The molecule has 1 nitrogen and oxygen atoms in total. The van der Waals surface area contributed by atoms with Crippen molar-refractivity contribution in [3.8, 4) is 0 Å². The Morgan fingerprint density at radius 1 is 1.17 bits per heavy atom. The first-order valence-electron chi connectivity index (χ1n) is 6.98. The summed E-state index contributed by atoms with van der Waals surface area (Å²) in [6.07, 6.45) is 4.11. The van der Waals surface area contributed by atoms with E-state index >= 15 is 0 Å². The maximum Gasteiger partial charge on any atom is 0.126 e. The molecule has 0 heterocycles. The zero-order chi connectivity index (χ0) is 12.8. The van der Waals surface area contributed by atoms with Gasteiger partial charge in [0, 0.05) is 5.56 Å². The van der Waals surface area contributed by atoms with E-state index in [0.29, 0.717) is 5.41 Å². The van der Waals surface area contributed by atoms with Gasteiger partial charge in [-0.15, -0.1) is 0 Å². The van der Waals surface area contributed by atoms with Gasteiger partial charge in [0.25, 0.3) is 0 Å². The van der Waals surface area contributed by atoms with Crippen LogP contribution in [0.5, 0.6) is 0 Å². The summed E-state index contributed by atoms with van der Waals surface area (Å²) in [6.45, 7) is 4.79. The minimum absolute atomic E-state index is 0.310. The second kappa shape index (κ2) is 4.15. The molecule has 0 aromatic heterocycles. The lowest BCUT2D eigenvalue weighted by Crippen LogP contribution is -2.24. The van der Waals surface area contributed by atoms with Crippen molar-refractivity contribution in [2.24, 2.45) is 17.3 Å². The molecular formula is C17H22O. The molecule has 0 aliphatic heterocycles. The molecule has 2 atom stereocenters. The second-order valence-electron chi connectivity index (χ2n) is 6.24. The molecule has 0 N–H and O–H groups in total. The van der Waals surface area contributed by atoms with Gasteiger partial charge in [0.15, 0.2) is 0 Å². The van der Waals surface area contributed by atoms with Gasteiger partial charge in [-0.25, -0.2) is 0 Å². The van der Waals surface area contributed by atoms with E-state index in [4.69, 9.17) is 4.74 Å². The molecule has 0 amide bonds. The summed E-state index contributed by atoms with van der Waals surface area (Å²) in [5.41, 5.74) is 3.10. The molecule has 1 heteroatoms. The molecule has 0 spiro atoms. The van der Waals surface area contributed by atoms with Crippen LogP contribution in [0.3, 0.4) is 0 Å². The van der Waals surface area contributed by atoms with E-state index in [9.17, 15) is 0 Å². The molecule has 2 saturated carbocycles. The summed E-state index contributed by atoms with van der Waals surface area (Å²) in [5.74, 6) is 2.74. The average molecular weight is 242 g/mol. The largest absolute Gasteiger partial charge is 0.496 e. The number of hydrogen-bond donors (Lipinski definition) is 0. The van der Waals surface area contributed by atoms with Crippen LogP contribution in [0.1, 0.15) is 38.7 Å². The van der Waals surface area contributed by atoms with Crippen LogP contribution in [-0.4, -0.2) is 7.11 Å². The summed E-state index contributed by atoms with van der Waals surface area (Å²) < 4.78 is 5.79. The Kier molecular flexibility index (Phi) is 2.73. The Labute approximate surface area is 110 Å². The fourth-order valence-electron chi connectivity index (χ4n) is 4.10. The zero-order valence-corrected chi connectivity index (χ0v) is 11.6. The molecule has 96 valence electrons. The Morgan fingerprint density at radius 2 is 1.89 bits per heavy atom. The van der Waals surface area contributed by atoms with Crippen LogP contribution >= 0.6 is 0 Å². The number of fused-ring (bicyclic) bond motifs is 2. The van der Waals surface area contributed by atoms with Crippen LogP contribution in [0.4, 0.5) is 0 Å². The van der Waals surface area contributed by atoms with Gasteiger partial charge in [-0.05, 0) is 42.1 Å². The quantitative estimate of drug-likeness (QED) is 0.694. The predicted octanol–water partition coefficient (Wildman–Crippen LogP) is 4.50. The number of hydrogen-bond acceptors (Lipinski definition) is 1. The fourth-order valence-corrected chi connectivity index (χ4v) is 4.10. The molecule has 2 unspecified atom stereocenters. The average Bonchev–Trinajstić information content (AvgIpc) is 2.93. The topological polar surface area (TPSA) is 9.23 Å². The minimum Gasteiger partial charge on any atom is -0.496 e. The third-order valence-corrected chi connectivity index (χ3v) is 5.04. The minimum atomic E-state index is 0.310. The van der Waals surface area contributed by atoms with Gasteiger partial charge < -0.3 is 4.74 Å². The summed E-state index contributed by atoms with van der Waals surface area (Å²) in [7, 11) is 1.82. The van der Waals surface area contributed by atoms with Crippen molar-refractivity contribution in [2.75, 3.05) is 7.11 Å². The normalized spacial score (nSPS) is 31.5. The van der Waals surface area contributed by atoms with Crippen molar-refractivity contribution >= 4 is 5.76 Å². The summed E-state index contributed by atoms with van der Waals surface area (Å²) in [5, 5.41) is 0. The number of ether oxygens (including phenoxy) is 1. The smallest absolute Gasteiger partial charge is 0.126 e. The summed E-state index contributed by atoms with van der Waals surface area (Å²) in [6, 6.07) is 10.6. The molecule has 2 bridgehead atoms. The Morgan fingerprint density at radius 3 is 2.44 bits per heavy atom. The van der Waals surface area contributed by atoms with Crippen molar-refractivity contribution in [3.05, 3.63) is 41.5 Å². The van der Waals surface area contributed by atoms with Crippen molar-refractivity contribution in [1.82, 2.24) is 0 Å². The SMILES string of the molecule is COC(=C1C2CCC(C2)C1(C)C)c1ccccc1. The molecule has 3 rings (SSSR count). The van der Waals surface area contributed by atoms with E-state index in [0.717, 1.165) is 17.6 Å². The Balaban J connectivity index is 2.12. The lowest BCUT2D eigenvalue weighted by atomic mass is 9.72. The van der Waals surface area contributed by atoms with Crippen molar-refractivity contribution in [3.63, 3.8) is 0 Å². The Bertz CT molecular complexity index is 470. The molecule has 2 aliphatic carbocycles. The first-order valence-corrected chi connectivity index (χ1v) is 6.98. The second-order valence-corrected chi connectivity index (χ2v) is 6.24. The van der Waals surface area contributed by atoms with Gasteiger partial charge >= 0.3 is 0 Å². The predicted molar refractivity (Wildman–Crippen MR) is 75.0 cm³/mol. The number of allylic oxidation sites excluding steroid dienone is 1. The molecule has 1 aromatic rings. The molecule has 1 aromatic carbocycles. The first kappa shape index (κ1) is 11.8. The van der Waals surface area contributed by atoms with Crippen LogP contribution in [0, 0.1) is 17.3 Å². The zero-order valence-electron chi connectivity index (χ0n) is 11.6. The lowest BCUT2D eigenvalue weighted by molar-refractivity contribution is 0.273. The van der Waals surface area contributed by atoms with Gasteiger partial charge in [0.2, 0.25) is 0 Å². The highest BCUT2D eigenvalue weighted by Crippen LogP contribution is 2.60. The van der Waals surface area contributed by atoms with Gasteiger partial charge in [-0.3, -0.25) is 0 Å². The molecular weight excluding hydrogens is 220 g/mol. The van der Waals surface area contributed by atoms with E-state index < -0.39 is 0 Å². The van der Waals surface area contributed by atoms with Gasteiger partial charge in [-0.1, -0.05) is 44.2 Å². The monoisotopic (exact) mass is 242 g/mol. The standard InChI is InChI=1S/C17H22O/c1-17(2)14-10-9-13(11-14)15(17)16(18-3)12-7-5-4-6-8-12/h4-8,13-14H,9-11H2,1-3H3. The third kappa shape index (κ3) is 1.60. The van der Waals surface area contributed by atoms with Gasteiger partial charge in [0.1, 0.15) is 5.76 Å². The fraction of sp³-hybridized carbons (Fsp3) is 0.529. The Hall–Kier alpha value is -1.24. The van der Waals surface area contributed by atoms with E-state index in [1.807, 2.05) is 7.11 Å². The highest BCUT2D eigenvalue weighted by atomic mass is 16.5. The third-order valence-electron chi connectivity index (χ3n) is 5.04.